The molecule has 0 saturated carbocycles. The molecule has 0 saturated heterocycles. The van der Waals surface area contributed by atoms with Crippen LogP contribution in [0, 0.1) is 0 Å². The van der Waals surface area contributed by atoms with Crippen molar-refractivity contribution < 1.29 is 0 Å². The van der Waals surface area contributed by atoms with Crippen LogP contribution in [0.5, 0.6) is 0 Å². The molecule has 0 aromatic rings. The van der Waals surface area contributed by atoms with Gasteiger partial charge in [-0.15, -0.1) is 23.2 Å². The van der Waals surface area contributed by atoms with Crippen LogP contribution in [0.3, 0.4) is 0 Å². The first kappa shape index (κ1) is 14.9. The molecule has 10 heavy (non-hydrogen) atoms. The Morgan fingerprint density at radius 2 is 1.10 bits per heavy atom. The van der Waals surface area contributed by atoms with E-state index < -0.39 is 8.63 Å². The van der Waals surface area contributed by atoms with E-state index in [-0.39, 0.29) is 0 Å². The summed E-state index contributed by atoms with van der Waals surface area (Å²) in [5.74, 6) is 0. The topological polar surface area (TPSA) is 0 Å². The van der Waals surface area contributed by atoms with E-state index >= 15 is 0 Å². The normalized spacial score (nSPS) is 10.8. The van der Waals surface area contributed by atoms with Crippen LogP contribution in [0.15, 0.2) is 0 Å². The highest BCUT2D eigenvalue weighted by molar-refractivity contribution is 8.38. The molecular weight excluding hydrogens is 304 g/mol. The molecule has 0 aromatic heterocycles. The van der Waals surface area contributed by atoms with Gasteiger partial charge in [-0.1, -0.05) is 34.8 Å². The predicted molar refractivity (Wildman–Crippen MR) is 55.1 cm³/mol. The molecule has 0 fully saturated rings. The zero-order chi connectivity index (χ0) is 8.78. The predicted octanol–water partition coefficient (Wildman–Crippen LogP) is 5.19. The number of hydrogen-bond donors (Lipinski definition) is 0. The van der Waals surface area contributed by atoms with Gasteiger partial charge >= 0.3 is 0 Å². The molecule has 0 aliphatic rings. The molecule has 0 atom stereocenters. The largest absolute Gasteiger partial charge is 0.220 e. The van der Waals surface area contributed by atoms with Crippen LogP contribution in [0.2, 0.25) is 0 Å². The molecule has 0 amide bonds. The first-order valence-electron chi connectivity index (χ1n) is 1.60. The van der Waals surface area contributed by atoms with Crippen molar-refractivity contribution in [2.75, 3.05) is 0 Å². The second-order valence-corrected chi connectivity index (χ2v) is 5.88. The molecule has 0 aromatic carbocycles. The summed E-state index contributed by atoms with van der Waals surface area (Å²) >= 11 is 25.7. The summed E-state index contributed by atoms with van der Waals surface area (Å²) in [7, 11) is 10.1. The van der Waals surface area contributed by atoms with Gasteiger partial charge in [0.2, 0.25) is 3.79 Å². The van der Waals surface area contributed by atoms with E-state index in [1.807, 2.05) is 0 Å². The Kier molecular flexibility index (Phi) is 11.9. The van der Waals surface area contributed by atoms with Crippen LogP contribution in [0.25, 0.3) is 0 Å². The lowest BCUT2D eigenvalue weighted by atomic mass is 10.9. The molecule has 0 spiro atoms. The fraction of sp³-hybridized carbons (Fsp3) is 1.00. The lowest BCUT2D eigenvalue weighted by Crippen LogP contribution is -2.11. The minimum atomic E-state index is -1.55. The molecule has 0 radical (unpaired) electrons. The Morgan fingerprint density at radius 3 is 1.10 bits per heavy atom. The Hall–Kier alpha value is 2.38. The van der Waals surface area contributed by atoms with Crippen molar-refractivity contribution in [3.05, 3.63) is 0 Å². The van der Waals surface area contributed by atoms with E-state index in [0.717, 1.165) is 0 Å². The molecule has 0 aliphatic carbocycles. The third-order valence-corrected chi connectivity index (χ3v) is 2.23. The van der Waals surface area contributed by atoms with Crippen molar-refractivity contribution in [1.29, 1.82) is 0 Å². The Bertz CT molecular complexity index is 66.5. The third-order valence-electron chi connectivity index (χ3n) is 0.247. The third kappa shape index (κ3) is 13.0. The maximum atomic E-state index is 5.14. The summed E-state index contributed by atoms with van der Waals surface area (Å²) in [6.07, 6.45) is 0. The molecule has 0 bridgehead atoms. The first-order chi connectivity index (χ1) is 4.36. The second kappa shape index (κ2) is 8.00. The number of rotatable bonds is 0. The van der Waals surface area contributed by atoms with Crippen LogP contribution in [-0.2, 0) is 0 Å². The smallest absolute Gasteiger partial charge is 0.101 e. The molecule has 64 valence electrons. The zero-order valence-corrected chi connectivity index (χ0v) is 10.2. The molecule has 0 unspecified atom stereocenters. The van der Waals surface area contributed by atoms with Crippen LogP contribution >= 0.6 is 89.6 Å². The van der Waals surface area contributed by atoms with Crippen molar-refractivity contribution in [2.24, 2.45) is 0 Å². The van der Waals surface area contributed by atoms with Crippen molar-refractivity contribution in [3.8, 4) is 0 Å². The van der Waals surface area contributed by atoms with Crippen molar-refractivity contribution in [1.82, 2.24) is 0 Å². The highest BCUT2D eigenvalue weighted by Crippen LogP contribution is 2.35. The first-order valence-corrected chi connectivity index (χ1v) is 6.08. The zero-order valence-electron chi connectivity index (χ0n) is 4.13. The van der Waals surface area contributed by atoms with E-state index in [4.69, 9.17) is 58.0 Å². The van der Waals surface area contributed by atoms with E-state index in [2.05, 4.69) is 21.4 Å². The molecule has 0 N–H and O–H groups in total. The average molecular weight is 305 g/mol. The van der Waals surface area contributed by atoms with Gasteiger partial charge in [-0.2, -0.15) is 0 Å². The van der Waals surface area contributed by atoms with Gasteiger partial charge in [0.05, 0.1) is 10.2 Å². The number of hydrogen-bond acceptors (Lipinski definition) is 1. The van der Waals surface area contributed by atoms with Crippen LogP contribution in [-0.4, -0.2) is 8.63 Å². The van der Waals surface area contributed by atoms with E-state index in [1.54, 1.807) is 0 Å². The van der Waals surface area contributed by atoms with Gasteiger partial charge in [-0.05, 0) is 21.4 Å². The lowest BCUT2D eigenvalue weighted by molar-refractivity contribution is 1.19. The summed E-state index contributed by atoms with van der Waals surface area (Å²) in [5.41, 5.74) is 0. The van der Waals surface area contributed by atoms with Crippen LogP contribution < -0.4 is 0 Å². The molecular formula is C2HCl7S. The van der Waals surface area contributed by atoms with E-state index in [9.17, 15) is 0 Å². The van der Waals surface area contributed by atoms with Crippen molar-refractivity contribution >= 4 is 89.6 Å². The number of halogens is 7. The maximum absolute atomic E-state index is 5.14. The fourth-order valence-electron chi connectivity index (χ4n) is 0. The Morgan fingerprint density at radius 1 is 1.00 bits per heavy atom. The summed E-state index contributed by atoms with van der Waals surface area (Å²) < 4.78 is -1.55. The molecule has 8 heteroatoms. The van der Waals surface area contributed by atoms with E-state index in [1.165, 1.54) is 0 Å². The standard InChI is InChI=1S/C2HCl5.Cl2S/c3-1(4)2(5,6)7;1-3-2/h1H;. The molecule has 0 nitrogen and oxygen atoms in total. The van der Waals surface area contributed by atoms with Crippen LogP contribution in [0.1, 0.15) is 0 Å². The Balaban J connectivity index is 0. The lowest BCUT2D eigenvalue weighted by Gasteiger charge is -2.09. The van der Waals surface area contributed by atoms with Gasteiger partial charge in [0.1, 0.15) is 0 Å². The quantitative estimate of drug-likeness (QED) is 0.555. The summed E-state index contributed by atoms with van der Waals surface area (Å²) in [5, 5.41) is 0. The van der Waals surface area contributed by atoms with Gasteiger partial charge in [-0.3, -0.25) is 0 Å². The molecule has 0 aliphatic heterocycles. The van der Waals surface area contributed by atoms with Crippen molar-refractivity contribution in [2.45, 2.75) is 8.63 Å². The van der Waals surface area contributed by atoms with Gasteiger partial charge in [0.15, 0.2) is 4.84 Å². The van der Waals surface area contributed by atoms with Gasteiger partial charge in [-0.25, -0.2) is 0 Å². The average Bonchev–Trinajstić information content (AvgIpc) is 1.64. The Labute approximate surface area is 97.4 Å². The van der Waals surface area contributed by atoms with E-state index in [0.29, 0.717) is 10.2 Å². The van der Waals surface area contributed by atoms with Crippen molar-refractivity contribution in [3.63, 3.8) is 0 Å². The highest BCUT2D eigenvalue weighted by atomic mass is 36.0. The minimum Gasteiger partial charge on any atom is -0.101 e. The fourth-order valence-corrected chi connectivity index (χ4v) is 0. The van der Waals surface area contributed by atoms with Gasteiger partial charge in [0, 0.05) is 0 Å². The summed E-state index contributed by atoms with van der Waals surface area (Å²) in [6.45, 7) is 0. The minimum absolute atomic E-state index is 0.694. The summed E-state index contributed by atoms with van der Waals surface area (Å²) in [6, 6.07) is 0. The summed E-state index contributed by atoms with van der Waals surface area (Å²) in [4.78, 5) is -0.961. The van der Waals surface area contributed by atoms with Crippen LogP contribution in [0.4, 0.5) is 0 Å². The highest BCUT2D eigenvalue weighted by Gasteiger charge is 2.28. The maximum Gasteiger partial charge on any atom is 0.220 e. The SMILES string of the molecule is ClC(Cl)C(Cl)(Cl)Cl.ClSCl. The monoisotopic (exact) mass is 302 g/mol. The van der Waals surface area contributed by atoms with Gasteiger partial charge in [0.25, 0.3) is 0 Å². The number of alkyl halides is 5. The molecule has 0 heterocycles. The second-order valence-electron chi connectivity index (χ2n) is 0.901. The van der Waals surface area contributed by atoms with Gasteiger partial charge < -0.3 is 0 Å². The molecule has 0 rings (SSSR count).